The van der Waals surface area contributed by atoms with Gasteiger partial charge in [-0.15, -0.1) is 0 Å². The Bertz CT molecular complexity index is 1650. The maximum atomic E-state index is 13.1. The van der Waals surface area contributed by atoms with E-state index in [1.165, 1.54) is 60.7 Å². The quantitative estimate of drug-likeness (QED) is 0.335. The maximum absolute atomic E-state index is 13.1. The predicted octanol–water partition coefficient (Wildman–Crippen LogP) is 2.58. The molecule has 0 bridgehead atoms. The van der Waals surface area contributed by atoms with Gasteiger partial charge in [0.15, 0.2) is 12.4 Å². The van der Waals surface area contributed by atoms with Crippen LogP contribution in [-0.2, 0) is 47.6 Å². The van der Waals surface area contributed by atoms with Gasteiger partial charge in [-0.25, -0.2) is 0 Å². The van der Waals surface area contributed by atoms with Crippen molar-refractivity contribution in [2.24, 2.45) is 0 Å². The van der Waals surface area contributed by atoms with E-state index in [-0.39, 0.29) is 14.7 Å². The number of aryl methyl sites for hydroxylation is 3. The summed E-state index contributed by atoms with van der Waals surface area (Å²) in [6, 6.07) is 17.0. The number of hydrogen-bond acceptors (Lipinski definition) is 11. The van der Waals surface area contributed by atoms with Crippen molar-refractivity contribution in [2.75, 3.05) is 6.61 Å². The normalized spacial score (nSPS) is 21.9. The molecule has 0 radical (unpaired) electrons. The summed E-state index contributed by atoms with van der Waals surface area (Å²) in [6.45, 7) is 4.46. The molecule has 1 aliphatic heterocycles. The molecule has 0 saturated carbocycles. The van der Waals surface area contributed by atoms with Gasteiger partial charge in [-0.05, 0) is 57.2 Å². The van der Waals surface area contributed by atoms with Crippen LogP contribution in [0.2, 0.25) is 0 Å². The van der Waals surface area contributed by atoms with Crippen LogP contribution in [-0.4, -0.2) is 61.6 Å². The number of benzene rings is 3. The Hall–Kier alpha value is -2.69. The van der Waals surface area contributed by atoms with Crippen LogP contribution in [0.5, 0.6) is 0 Å². The molecule has 14 heteroatoms. The van der Waals surface area contributed by atoms with E-state index in [0.29, 0.717) is 0 Å². The van der Waals surface area contributed by atoms with Crippen molar-refractivity contribution < 1.29 is 47.6 Å². The van der Waals surface area contributed by atoms with E-state index in [2.05, 4.69) is 0 Å². The highest BCUT2D eigenvalue weighted by Gasteiger charge is 2.51. The first-order chi connectivity index (χ1) is 18.7. The maximum Gasteiger partial charge on any atom is 0.297 e. The molecule has 0 aromatic heterocycles. The third kappa shape index (κ3) is 6.95. The Kier molecular flexibility index (Phi) is 8.82. The van der Waals surface area contributed by atoms with E-state index in [9.17, 15) is 30.4 Å². The first kappa shape index (κ1) is 30.3. The fraction of sp³-hybridized carbons (Fsp3) is 0.308. The first-order valence-corrected chi connectivity index (χ1v) is 16.2. The molecule has 3 aromatic carbocycles. The second-order valence-corrected chi connectivity index (χ2v) is 14.0. The summed E-state index contributed by atoms with van der Waals surface area (Å²) < 4.78 is 98.6. The topological polar surface area (TPSA) is 160 Å². The predicted molar refractivity (Wildman–Crippen MR) is 142 cm³/mol. The minimum absolute atomic E-state index is 0.170. The summed E-state index contributed by atoms with van der Waals surface area (Å²) in [5.74, 6) is 0. The van der Waals surface area contributed by atoms with Crippen molar-refractivity contribution >= 4 is 30.4 Å². The summed E-state index contributed by atoms with van der Waals surface area (Å²) in [6.07, 6.45) is -7.26. The van der Waals surface area contributed by atoms with Crippen LogP contribution in [0.15, 0.2) is 87.5 Å². The molecule has 0 aliphatic carbocycles. The Morgan fingerprint density at radius 2 is 0.950 bits per heavy atom. The van der Waals surface area contributed by atoms with Crippen LogP contribution in [0.4, 0.5) is 0 Å². The van der Waals surface area contributed by atoms with Gasteiger partial charge in [0, 0.05) is 0 Å². The largest absolute Gasteiger partial charge is 0.366 e. The average molecular weight is 613 g/mol. The molecule has 3 aromatic rings. The minimum Gasteiger partial charge on any atom is -0.366 e. The summed E-state index contributed by atoms with van der Waals surface area (Å²) >= 11 is 0. The Balaban J connectivity index is 1.63. The highest BCUT2D eigenvalue weighted by Crippen LogP contribution is 2.32. The lowest BCUT2D eigenvalue weighted by Gasteiger charge is -2.23. The zero-order valence-corrected chi connectivity index (χ0v) is 24.1. The van der Waals surface area contributed by atoms with Gasteiger partial charge in [-0.3, -0.25) is 12.5 Å². The summed E-state index contributed by atoms with van der Waals surface area (Å²) in [5.41, 5.74) is 2.36. The van der Waals surface area contributed by atoms with Crippen molar-refractivity contribution in [1.82, 2.24) is 0 Å². The first-order valence-electron chi connectivity index (χ1n) is 12.0. The molecule has 0 unspecified atom stereocenters. The van der Waals surface area contributed by atoms with E-state index in [0.717, 1.165) is 16.7 Å². The van der Waals surface area contributed by atoms with E-state index in [1.807, 2.05) is 0 Å². The van der Waals surface area contributed by atoms with Crippen LogP contribution in [0.3, 0.4) is 0 Å². The van der Waals surface area contributed by atoms with E-state index < -0.39 is 61.6 Å². The molecule has 1 N–H and O–H groups in total. The zero-order valence-electron chi connectivity index (χ0n) is 21.7. The Morgan fingerprint density at radius 3 is 1.35 bits per heavy atom. The highest BCUT2D eigenvalue weighted by molar-refractivity contribution is 7.87. The third-order valence-corrected chi connectivity index (χ3v) is 10.0. The van der Waals surface area contributed by atoms with Gasteiger partial charge < -0.3 is 9.84 Å². The molecule has 11 nitrogen and oxygen atoms in total. The minimum atomic E-state index is -4.56. The van der Waals surface area contributed by atoms with Crippen molar-refractivity contribution in [2.45, 2.75) is 60.1 Å². The smallest absolute Gasteiger partial charge is 0.297 e. The lowest BCUT2D eigenvalue weighted by atomic mass is 10.1. The molecule has 40 heavy (non-hydrogen) atoms. The van der Waals surface area contributed by atoms with Crippen molar-refractivity contribution in [3.8, 4) is 0 Å². The fourth-order valence-electron chi connectivity index (χ4n) is 3.80. The number of hydrogen-bond donors (Lipinski definition) is 1. The van der Waals surface area contributed by atoms with Gasteiger partial charge in [0.25, 0.3) is 30.4 Å². The number of aliphatic hydroxyl groups is 1. The molecule has 0 spiro atoms. The summed E-state index contributed by atoms with van der Waals surface area (Å²) in [5, 5.41) is 10.6. The summed E-state index contributed by atoms with van der Waals surface area (Å²) in [7, 11) is -13.4. The van der Waals surface area contributed by atoms with Crippen molar-refractivity contribution in [3.63, 3.8) is 0 Å². The lowest BCUT2D eigenvalue weighted by Crippen LogP contribution is -2.41. The van der Waals surface area contributed by atoms with Gasteiger partial charge in [0.2, 0.25) is 0 Å². The van der Waals surface area contributed by atoms with E-state index in [4.69, 9.17) is 17.3 Å². The van der Waals surface area contributed by atoms with E-state index >= 15 is 0 Å². The van der Waals surface area contributed by atoms with Gasteiger partial charge in [-0.2, -0.15) is 25.3 Å². The SMILES string of the molecule is Cc1ccc(S(=O)(=O)OC[C@H]2O[C@@H](O)[C@H](OS(=O)(=O)c3ccc(C)cc3)[C@@H]2OS(=O)(=O)c2ccc(C)cc2)cc1. The van der Waals surface area contributed by atoms with E-state index in [1.54, 1.807) is 32.9 Å². The van der Waals surface area contributed by atoms with Gasteiger partial charge in [0.05, 0.1) is 21.3 Å². The van der Waals surface area contributed by atoms with Crippen molar-refractivity contribution in [3.05, 3.63) is 89.5 Å². The van der Waals surface area contributed by atoms with Crippen LogP contribution in [0, 0.1) is 20.8 Å². The highest BCUT2D eigenvalue weighted by atomic mass is 32.2. The molecule has 4 rings (SSSR count). The number of ether oxygens (including phenoxy) is 1. The second-order valence-electron chi connectivity index (χ2n) is 9.27. The molecule has 216 valence electrons. The van der Waals surface area contributed by atoms with Gasteiger partial charge in [0.1, 0.15) is 12.2 Å². The Labute approximate surface area is 233 Å². The van der Waals surface area contributed by atoms with Gasteiger partial charge >= 0.3 is 0 Å². The lowest BCUT2D eigenvalue weighted by molar-refractivity contribution is -0.125. The van der Waals surface area contributed by atoms with Crippen LogP contribution < -0.4 is 0 Å². The molecular formula is C26H28O11S3. The third-order valence-electron chi connectivity index (χ3n) is 6.08. The van der Waals surface area contributed by atoms with Crippen molar-refractivity contribution in [1.29, 1.82) is 0 Å². The second kappa shape index (κ2) is 11.7. The number of rotatable bonds is 10. The molecule has 0 amide bonds. The fourth-order valence-corrected chi connectivity index (χ4v) is 6.91. The van der Waals surface area contributed by atoms with Crippen LogP contribution in [0.1, 0.15) is 16.7 Å². The number of aliphatic hydroxyl groups excluding tert-OH is 1. The Morgan fingerprint density at radius 1 is 0.600 bits per heavy atom. The van der Waals surface area contributed by atoms with Crippen LogP contribution >= 0.6 is 0 Å². The monoisotopic (exact) mass is 612 g/mol. The zero-order chi connectivity index (χ0) is 29.3. The molecule has 1 heterocycles. The van der Waals surface area contributed by atoms with Crippen LogP contribution in [0.25, 0.3) is 0 Å². The molecule has 4 atom stereocenters. The molecule has 1 fully saturated rings. The molecule has 1 saturated heterocycles. The van der Waals surface area contributed by atoms with Gasteiger partial charge in [-0.1, -0.05) is 53.1 Å². The molecular weight excluding hydrogens is 584 g/mol. The average Bonchev–Trinajstić information content (AvgIpc) is 3.16. The standard InChI is InChI=1S/C26H28O11S3/c1-17-4-10-20(11-5-17)38(28,29)34-16-23-24(36-39(30,31)21-12-6-18(2)7-13-21)25(26(27)35-23)37-40(32,33)22-14-8-19(3)9-15-22/h4-15,23-27H,16H2,1-3H3/t23-,24-,25-,26-/m1/s1. The molecule has 1 aliphatic rings. The summed E-state index contributed by atoms with van der Waals surface area (Å²) in [4.78, 5) is -0.685.